The van der Waals surface area contributed by atoms with Crippen LogP contribution in [0.15, 0.2) is 0 Å². The van der Waals surface area contributed by atoms with Crippen LogP contribution in [0.3, 0.4) is 0 Å². The Balaban J connectivity index is 2.18. The van der Waals surface area contributed by atoms with Crippen LogP contribution >= 0.6 is 23.1 Å². The lowest BCUT2D eigenvalue weighted by Gasteiger charge is -2.23. The molecule has 1 aliphatic rings. The van der Waals surface area contributed by atoms with Crippen molar-refractivity contribution in [2.45, 2.75) is 31.7 Å². The first kappa shape index (κ1) is 13.7. The smallest absolute Gasteiger partial charge is 0.312 e. The maximum Gasteiger partial charge on any atom is 0.312 e. The monoisotopic (exact) mass is 286 g/mol. The summed E-state index contributed by atoms with van der Waals surface area (Å²) in [5.74, 6) is -0.0944. The number of carboxylic acids is 1. The van der Waals surface area contributed by atoms with Crippen molar-refractivity contribution in [3.63, 3.8) is 0 Å². The predicted molar refractivity (Wildman–Crippen MR) is 77.1 cm³/mol. The molecule has 18 heavy (non-hydrogen) atoms. The zero-order chi connectivity index (χ0) is 13.3. The van der Waals surface area contributed by atoms with E-state index in [1.165, 1.54) is 0 Å². The summed E-state index contributed by atoms with van der Waals surface area (Å²) >= 11 is 3.46. The fourth-order valence-corrected chi connectivity index (χ4v) is 4.05. The number of thiazole rings is 1. The molecule has 2 atom stereocenters. The molecule has 0 aromatic carbocycles. The van der Waals surface area contributed by atoms with E-state index >= 15 is 0 Å². The number of carbonyl (C=O) groups is 1. The number of hydrogen-bond acceptors (Lipinski definition) is 5. The Bertz CT molecular complexity index is 447. The Morgan fingerprint density at radius 2 is 2.44 bits per heavy atom. The predicted octanol–water partition coefficient (Wildman–Crippen LogP) is 2.45. The van der Waals surface area contributed by atoms with E-state index in [2.05, 4.69) is 23.1 Å². The summed E-state index contributed by atoms with van der Waals surface area (Å²) in [6.45, 7) is 2.16. The molecule has 0 radical (unpaired) electrons. The fourth-order valence-electron chi connectivity index (χ4n) is 2.15. The summed E-state index contributed by atoms with van der Waals surface area (Å²) < 4.78 is 0. The average Bonchev–Trinajstić information content (AvgIpc) is 2.86. The average molecular weight is 286 g/mol. The number of rotatable bonds is 5. The van der Waals surface area contributed by atoms with Crippen LogP contribution in [0.4, 0.5) is 5.13 Å². The van der Waals surface area contributed by atoms with E-state index in [1.807, 2.05) is 18.8 Å². The van der Waals surface area contributed by atoms with Gasteiger partial charge in [0.2, 0.25) is 0 Å². The fraction of sp³-hybridized carbons (Fsp3) is 0.667. The first-order valence-electron chi connectivity index (χ1n) is 5.98. The highest BCUT2D eigenvalue weighted by atomic mass is 32.2. The van der Waals surface area contributed by atoms with Crippen molar-refractivity contribution in [2.24, 2.45) is 0 Å². The number of hydrogen-bond donors (Lipinski definition) is 1. The van der Waals surface area contributed by atoms with Gasteiger partial charge < -0.3 is 10.0 Å². The van der Waals surface area contributed by atoms with Crippen molar-refractivity contribution in [1.82, 2.24) is 4.98 Å². The molecular weight excluding hydrogens is 268 g/mol. The Labute approximate surface area is 115 Å². The third-order valence-corrected chi connectivity index (χ3v) is 5.41. The Hall–Kier alpha value is -0.750. The number of nitrogens with zero attached hydrogens (tertiary/aromatic N) is 2. The quantitative estimate of drug-likeness (QED) is 0.901. The summed E-state index contributed by atoms with van der Waals surface area (Å²) in [4.78, 5) is 19.0. The SMILES string of the molecule is CSCC(C)N(C)c1nc2c(s1)CCC2C(=O)O. The molecule has 6 heteroatoms. The second-order valence-electron chi connectivity index (χ2n) is 4.65. The molecule has 2 unspecified atom stereocenters. The number of carboxylic acid groups (broad SMARTS) is 1. The molecule has 0 aliphatic heterocycles. The van der Waals surface area contributed by atoms with Crippen molar-refractivity contribution >= 4 is 34.2 Å². The van der Waals surface area contributed by atoms with Gasteiger partial charge in [-0.2, -0.15) is 11.8 Å². The minimum absolute atomic E-state index is 0.394. The van der Waals surface area contributed by atoms with E-state index in [4.69, 9.17) is 5.11 Å². The molecule has 1 aromatic rings. The van der Waals surface area contributed by atoms with Gasteiger partial charge in [0, 0.05) is 23.7 Å². The summed E-state index contributed by atoms with van der Waals surface area (Å²) in [5.41, 5.74) is 0.797. The molecule has 1 aliphatic carbocycles. The molecule has 4 nitrogen and oxygen atoms in total. The van der Waals surface area contributed by atoms with E-state index in [0.29, 0.717) is 12.5 Å². The molecule has 0 amide bonds. The highest BCUT2D eigenvalue weighted by molar-refractivity contribution is 7.98. The van der Waals surface area contributed by atoms with Gasteiger partial charge in [0.15, 0.2) is 5.13 Å². The highest BCUT2D eigenvalue weighted by Gasteiger charge is 2.33. The third-order valence-electron chi connectivity index (χ3n) is 3.38. The van der Waals surface area contributed by atoms with Crippen LogP contribution < -0.4 is 4.90 Å². The van der Waals surface area contributed by atoms with Gasteiger partial charge in [0.25, 0.3) is 0 Å². The van der Waals surface area contributed by atoms with Crippen LogP contribution in [0.1, 0.15) is 29.8 Å². The van der Waals surface area contributed by atoms with Crippen molar-refractivity contribution in [3.8, 4) is 0 Å². The van der Waals surface area contributed by atoms with E-state index in [1.54, 1.807) is 11.3 Å². The Kier molecular flexibility index (Phi) is 4.17. The topological polar surface area (TPSA) is 53.4 Å². The van der Waals surface area contributed by atoms with Crippen LogP contribution in [-0.2, 0) is 11.2 Å². The molecule has 0 fully saturated rings. The first-order valence-corrected chi connectivity index (χ1v) is 8.19. The number of aryl methyl sites for hydroxylation is 1. The molecule has 1 aromatic heterocycles. The second-order valence-corrected chi connectivity index (χ2v) is 6.62. The number of thioether (sulfide) groups is 1. The minimum Gasteiger partial charge on any atom is -0.481 e. The number of fused-ring (bicyclic) bond motifs is 1. The van der Waals surface area contributed by atoms with E-state index < -0.39 is 11.9 Å². The zero-order valence-corrected chi connectivity index (χ0v) is 12.5. The summed E-state index contributed by atoms with van der Waals surface area (Å²) in [6.07, 6.45) is 3.65. The summed E-state index contributed by atoms with van der Waals surface area (Å²) in [7, 11) is 2.03. The number of aromatic nitrogens is 1. The van der Waals surface area contributed by atoms with Crippen LogP contribution in [0.2, 0.25) is 0 Å². The van der Waals surface area contributed by atoms with Crippen LogP contribution in [0.5, 0.6) is 0 Å². The van der Waals surface area contributed by atoms with Crippen molar-refractivity contribution < 1.29 is 9.90 Å². The van der Waals surface area contributed by atoms with Gasteiger partial charge in [0.1, 0.15) is 5.92 Å². The third kappa shape index (κ3) is 2.49. The number of aliphatic carboxylic acids is 1. The Morgan fingerprint density at radius 3 is 3.06 bits per heavy atom. The largest absolute Gasteiger partial charge is 0.481 e. The van der Waals surface area contributed by atoms with Crippen molar-refractivity contribution in [1.29, 1.82) is 0 Å². The molecule has 0 saturated carbocycles. The first-order chi connectivity index (χ1) is 8.54. The molecule has 0 bridgehead atoms. The van der Waals surface area contributed by atoms with Gasteiger partial charge in [-0.1, -0.05) is 0 Å². The zero-order valence-electron chi connectivity index (χ0n) is 10.8. The molecule has 100 valence electrons. The molecule has 0 spiro atoms. The highest BCUT2D eigenvalue weighted by Crippen LogP contribution is 2.39. The van der Waals surface area contributed by atoms with Crippen LogP contribution in [0.25, 0.3) is 0 Å². The van der Waals surface area contributed by atoms with Crippen molar-refractivity contribution in [3.05, 3.63) is 10.6 Å². The standard InChI is InChI=1S/C12H18N2O2S2/c1-7(6-17-3)14(2)12-13-10-8(11(15)16)4-5-9(10)18-12/h7-8H,4-6H2,1-3H3,(H,15,16). The van der Waals surface area contributed by atoms with Crippen molar-refractivity contribution in [2.75, 3.05) is 24.0 Å². The summed E-state index contributed by atoms with van der Waals surface area (Å²) in [5, 5.41) is 10.1. The number of anilines is 1. The maximum absolute atomic E-state index is 11.1. The minimum atomic E-state index is -0.745. The lowest BCUT2D eigenvalue weighted by Crippen LogP contribution is -2.30. The summed E-state index contributed by atoms with van der Waals surface area (Å²) in [6, 6.07) is 0.412. The normalized spacial score (nSPS) is 19.6. The molecule has 2 rings (SSSR count). The molecular formula is C12H18N2O2S2. The van der Waals surface area contributed by atoms with E-state index in [9.17, 15) is 4.79 Å². The van der Waals surface area contributed by atoms with Gasteiger partial charge in [0.05, 0.1) is 5.69 Å². The lowest BCUT2D eigenvalue weighted by atomic mass is 10.1. The van der Waals surface area contributed by atoms with Gasteiger partial charge in [-0.25, -0.2) is 4.98 Å². The van der Waals surface area contributed by atoms with Crippen LogP contribution in [-0.4, -0.2) is 41.2 Å². The van der Waals surface area contributed by atoms with Gasteiger partial charge in [-0.15, -0.1) is 11.3 Å². The second kappa shape index (κ2) is 5.48. The Morgan fingerprint density at radius 1 is 1.72 bits per heavy atom. The molecule has 1 heterocycles. The van der Waals surface area contributed by atoms with E-state index in [0.717, 1.165) is 27.9 Å². The van der Waals surface area contributed by atoms with Crippen LogP contribution in [0, 0.1) is 0 Å². The van der Waals surface area contributed by atoms with E-state index in [-0.39, 0.29) is 0 Å². The van der Waals surface area contributed by atoms with Gasteiger partial charge in [-0.05, 0) is 26.0 Å². The molecule has 0 saturated heterocycles. The van der Waals surface area contributed by atoms with Gasteiger partial charge in [-0.3, -0.25) is 4.79 Å². The molecule has 1 N–H and O–H groups in total. The lowest BCUT2D eigenvalue weighted by molar-refractivity contribution is -0.138. The van der Waals surface area contributed by atoms with Gasteiger partial charge >= 0.3 is 5.97 Å². The maximum atomic E-state index is 11.1.